The Balaban J connectivity index is 1.87. The van der Waals surface area contributed by atoms with Gasteiger partial charge >= 0.3 is 0 Å². The maximum atomic E-state index is 6.30. The van der Waals surface area contributed by atoms with E-state index in [4.69, 9.17) is 21.3 Å². The minimum absolute atomic E-state index is 0.663. The highest BCUT2D eigenvalue weighted by molar-refractivity contribution is 6.31. The van der Waals surface area contributed by atoms with Gasteiger partial charge in [-0.2, -0.15) is 0 Å². The van der Waals surface area contributed by atoms with Crippen molar-refractivity contribution in [2.45, 2.75) is 26.3 Å². The summed E-state index contributed by atoms with van der Waals surface area (Å²) in [5.41, 5.74) is 1.12. The summed E-state index contributed by atoms with van der Waals surface area (Å²) in [7, 11) is 3.83. The van der Waals surface area contributed by atoms with Gasteiger partial charge in [-0.25, -0.2) is 0 Å². The van der Waals surface area contributed by atoms with E-state index < -0.39 is 0 Å². The van der Waals surface area contributed by atoms with Crippen LogP contribution in [0.25, 0.3) is 0 Å². The Bertz CT molecular complexity index is 558. The third-order valence-corrected chi connectivity index (χ3v) is 5.25. The van der Waals surface area contributed by atoms with Crippen LogP contribution in [0.2, 0.25) is 5.02 Å². The number of aliphatic imine (C=N–C) groups is 1. The first-order valence-electron chi connectivity index (χ1n) is 9.58. The number of piperidine rings is 1. The lowest BCUT2D eigenvalue weighted by Gasteiger charge is -2.31. The zero-order valence-corrected chi connectivity index (χ0v) is 17.1. The van der Waals surface area contributed by atoms with Gasteiger partial charge in [0, 0.05) is 45.4 Å². The summed E-state index contributed by atoms with van der Waals surface area (Å²) in [6.45, 7) is 8.75. The molecule has 0 unspecified atom stereocenters. The molecule has 0 aliphatic carbocycles. The molecule has 1 aliphatic heterocycles. The molecule has 0 bridgehead atoms. The van der Waals surface area contributed by atoms with E-state index in [0.29, 0.717) is 5.92 Å². The Morgan fingerprint density at radius 1 is 1.35 bits per heavy atom. The molecule has 0 saturated carbocycles. The molecule has 1 saturated heterocycles. The summed E-state index contributed by atoms with van der Waals surface area (Å²) in [5, 5.41) is 4.21. The van der Waals surface area contributed by atoms with Gasteiger partial charge in [-0.05, 0) is 50.4 Å². The molecule has 1 N–H and O–H groups in total. The lowest BCUT2D eigenvalue weighted by Crippen LogP contribution is -2.40. The fourth-order valence-electron chi connectivity index (χ4n) is 3.26. The Morgan fingerprint density at radius 2 is 2.08 bits per heavy atom. The quantitative estimate of drug-likeness (QED) is 0.555. The molecule has 6 heteroatoms. The first kappa shape index (κ1) is 21.0. The average Bonchev–Trinajstić information content (AvgIpc) is 2.66. The lowest BCUT2D eigenvalue weighted by atomic mass is 9.97. The van der Waals surface area contributed by atoms with Crippen molar-refractivity contribution in [2.75, 3.05) is 53.5 Å². The van der Waals surface area contributed by atoms with Gasteiger partial charge in [0.05, 0.1) is 6.61 Å². The number of hydrogen-bond donors (Lipinski definition) is 1. The molecule has 1 heterocycles. The molecule has 1 aromatic rings. The Labute approximate surface area is 163 Å². The van der Waals surface area contributed by atoms with Crippen LogP contribution in [0.15, 0.2) is 29.3 Å². The van der Waals surface area contributed by atoms with Crippen LogP contribution >= 0.6 is 11.6 Å². The van der Waals surface area contributed by atoms with E-state index in [0.717, 1.165) is 62.4 Å². The molecule has 0 amide bonds. The number of nitrogens with one attached hydrogen (secondary N) is 1. The van der Waals surface area contributed by atoms with Crippen LogP contribution in [0.1, 0.15) is 25.3 Å². The van der Waals surface area contributed by atoms with Crippen molar-refractivity contribution in [3.8, 4) is 0 Å². The largest absolute Gasteiger partial charge is 0.383 e. The molecular weight excluding hydrogens is 348 g/mol. The van der Waals surface area contributed by atoms with E-state index in [2.05, 4.69) is 35.2 Å². The van der Waals surface area contributed by atoms with Gasteiger partial charge in [0.2, 0.25) is 0 Å². The van der Waals surface area contributed by atoms with Crippen LogP contribution < -0.4 is 5.32 Å². The normalized spacial score (nSPS) is 16.7. The number of benzene rings is 1. The van der Waals surface area contributed by atoms with E-state index in [-0.39, 0.29) is 0 Å². The molecule has 1 fully saturated rings. The standard InChI is InChI=1S/C20H33ClN4O/c1-4-22-20(24(2)16-18-7-5-6-8-19(18)21)23-15-17-9-11-25(12-10-17)13-14-26-3/h5-8,17H,4,9-16H2,1-3H3,(H,22,23). The second-order valence-corrected chi connectivity index (χ2v) is 7.33. The third kappa shape index (κ3) is 6.78. The van der Waals surface area contributed by atoms with E-state index >= 15 is 0 Å². The summed E-state index contributed by atoms with van der Waals surface area (Å²) >= 11 is 6.30. The predicted molar refractivity (Wildman–Crippen MR) is 110 cm³/mol. The van der Waals surface area contributed by atoms with E-state index in [1.807, 2.05) is 18.2 Å². The maximum absolute atomic E-state index is 6.30. The van der Waals surface area contributed by atoms with Crippen molar-refractivity contribution < 1.29 is 4.74 Å². The maximum Gasteiger partial charge on any atom is 0.193 e. The summed E-state index contributed by atoms with van der Waals surface area (Å²) in [6.07, 6.45) is 2.42. The van der Waals surface area contributed by atoms with Crippen LogP contribution in [-0.2, 0) is 11.3 Å². The summed E-state index contributed by atoms with van der Waals surface area (Å²) < 4.78 is 5.17. The van der Waals surface area contributed by atoms with Gasteiger partial charge in [-0.1, -0.05) is 29.8 Å². The highest BCUT2D eigenvalue weighted by atomic mass is 35.5. The van der Waals surface area contributed by atoms with Crippen molar-refractivity contribution in [1.29, 1.82) is 0 Å². The first-order valence-corrected chi connectivity index (χ1v) is 9.96. The highest BCUT2D eigenvalue weighted by Gasteiger charge is 2.19. The van der Waals surface area contributed by atoms with Crippen molar-refractivity contribution >= 4 is 17.6 Å². The van der Waals surface area contributed by atoms with Crippen LogP contribution in [-0.4, -0.2) is 69.2 Å². The topological polar surface area (TPSA) is 40.1 Å². The summed E-state index contributed by atoms with van der Waals surface area (Å²) in [4.78, 5) is 9.53. The highest BCUT2D eigenvalue weighted by Crippen LogP contribution is 2.18. The second-order valence-electron chi connectivity index (χ2n) is 6.92. The Kier molecular flexibility index (Phi) is 9.23. The van der Waals surface area contributed by atoms with Gasteiger partial charge in [-0.3, -0.25) is 4.99 Å². The second kappa shape index (κ2) is 11.4. The molecule has 2 rings (SSSR count). The van der Waals surface area contributed by atoms with Gasteiger partial charge < -0.3 is 19.9 Å². The molecule has 0 aromatic heterocycles. The molecular formula is C20H33ClN4O. The fourth-order valence-corrected chi connectivity index (χ4v) is 3.45. The number of methoxy groups -OCH3 is 1. The summed E-state index contributed by atoms with van der Waals surface area (Å²) in [5.74, 6) is 1.62. The van der Waals surface area contributed by atoms with Gasteiger partial charge in [0.1, 0.15) is 0 Å². The number of halogens is 1. The number of guanidine groups is 1. The fraction of sp³-hybridized carbons (Fsp3) is 0.650. The minimum Gasteiger partial charge on any atom is -0.383 e. The Hall–Kier alpha value is -1.30. The van der Waals surface area contributed by atoms with Crippen molar-refractivity contribution in [3.05, 3.63) is 34.9 Å². The molecule has 0 spiro atoms. The van der Waals surface area contributed by atoms with Crippen LogP contribution in [0.3, 0.4) is 0 Å². The molecule has 0 radical (unpaired) electrons. The van der Waals surface area contributed by atoms with E-state index in [1.165, 1.54) is 12.8 Å². The Morgan fingerprint density at radius 3 is 2.73 bits per heavy atom. The van der Waals surface area contributed by atoms with Crippen molar-refractivity contribution in [3.63, 3.8) is 0 Å². The van der Waals surface area contributed by atoms with Crippen molar-refractivity contribution in [2.24, 2.45) is 10.9 Å². The number of ether oxygens (including phenoxy) is 1. The van der Waals surface area contributed by atoms with Crippen LogP contribution in [0.4, 0.5) is 0 Å². The van der Waals surface area contributed by atoms with Gasteiger partial charge in [0.25, 0.3) is 0 Å². The SMILES string of the molecule is CCNC(=NCC1CCN(CCOC)CC1)N(C)Cc1ccccc1Cl. The summed E-state index contributed by atoms with van der Waals surface area (Å²) in [6, 6.07) is 7.99. The number of nitrogens with zero attached hydrogens (tertiary/aromatic N) is 3. The third-order valence-electron chi connectivity index (χ3n) is 4.88. The lowest BCUT2D eigenvalue weighted by molar-refractivity contribution is 0.121. The zero-order chi connectivity index (χ0) is 18.8. The number of likely N-dealkylation sites (tertiary alicyclic amines) is 1. The molecule has 5 nitrogen and oxygen atoms in total. The molecule has 1 aromatic carbocycles. The van der Waals surface area contributed by atoms with E-state index in [9.17, 15) is 0 Å². The van der Waals surface area contributed by atoms with Crippen molar-refractivity contribution in [1.82, 2.24) is 15.1 Å². The molecule has 146 valence electrons. The smallest absolute Gasteiger partial charge is 0.193 e. The van der Waals surface area contributed by atoms with Gasteiger partial charge in [-0.15, -0.1) is 0 Å². The van der Waals surface area contributed by atoms with E-state index in [1.54, 1.807) is 7.11 Å². The molecule has 0 atom stereocenters. The minimum atomic E-state index is 0.663. The predicted octanol–water partition coefficient (Wildman–Crippen LogP) is 3.10. The van der Waals surface area contributed by atoms with Gasteiger partial charge in [0.15, 0.2) is 5.96 Å². The number of rotatable bonds is 8. The number of hydrogen-bond acceptors (Lipinski definition) is 3. The first-order chi connectivity index (χ1) is 12.6. The van der Waals surface area contributed by atoms with Crippen LogP contribution in [0, 0.1) is 5.92 Å². The average molecular weight is 381 g/mol. The monoisotopic (exact) mass is 380 g/mol. The van der Waals surface area contributed by atoms with Crippen LogP contribution in [0.5, 0.6) is 0 Å². The molecule has 1 aliphatic rings. The zero-order valence-electron chi connectivity index (χ0n) is 16.4. The molecule has 26 heavy (non-hydrogen) atoms.